The van der Waals surface area contributed by atoms with Crippen molar-refractivity contribution in [1.82, 2.24) is 20.8 Å². The van der Waals surface area contributed by atoms with E-state index in [1.165, 1.54) is 36.0 Å². The van der Waals surface area contributed by atoms with Crippen molar-refractivity contribution in [2.24, 2.45) is 0 Å². The van der Waals surface area contributed by atoms with Crippen molar-refractivity contribution in [3.05, 3.63) is 30.2 Å². The highest BCUT2D eigenvalue weighted by molar-refractivity contribution is 7.99. The van der Waals surface area contributed by atoms with Crippen molar-refractivity contribution in [3.8, 4) is 17.1 Å². The first-order chi connectivity index (χ1) is 13.3. The number of hydrogen-bond acceptors (Lipinski definition) is 7. The largest absolute Gasteiger partial charge is 0.573 e. The number of halogens is 3. The zero-order valence-electron chi connectivity index (χ0n) is 15.0. The van der Waals surface area contributed by atoms with Gasteiger partial charge in [0.1, 0.15) is 11.2 Å². The van der Waals surface area contributed by atoms with Crippen molar-refractivity contribution >= 4 is 17.7 Å². The first-order valence-corrected chi connectivity index (χ1v) is 9.73. The van der Waals surface area contributed by atoms with Gasteiger partial charge in [0.15, 0.2) is 0 Å². The number of hydrogen-bond donors (Lipinski definition) is 2. The molecule has 0 radical (unpaired) electrons. The number of carbonyl (C=O) groups excluding carboxylic acids is 1. The summed E-state index contributed by atoms with van der Waals surface area (Å²) in [5, 5.41) is 10.1. The zero-order chi connectivity index (χ0) is 20.1. The second-order valence-corrected chi connectivity index (χ2v) is 7.29. The van der Waals surface area contributed by atoms with Gasteiger partial charge in [-0.2, -0.15) is 4.98 Å². The van der Waals surface area contributed by atoms with Crippen molar-refractivity contribution in [2.75, 3.05) is 0 Å². The third-order valence-corrected chi connectivity index (χ3v) is 4.94. The number of nitrogens with one attached hydrogen (secondary N) is 2. The van der Waals surface area contributed by atoms with E-state index in [-0.39, 0.29) is 29.0 Å². The summed E-state index contributed by atoms with van der Waals surface area (Å²) in [6.07, 6.45) is -2.37. The maximum Gasteiger partial charge on any atom is 0.573 e. The average molecular weight is 416 g/mol. The fourth-order valence-electron chi connectivity index (χ4n) is 2.76. The summed E-state index contributed by atoms with van der Waals surface area (Å²) < 4.78 is 45.6. The molecule has 11 heteroatoms. The Kier molecular flexibility index (Phi) is 6.45. The molecular weight excluding hydrogens is 397 g/mol. The minimum atomic E-state index is -4.74. The first-order valence-electron chi connectivity index (χ1n) is 8.68. The summed E-state index contributed by atoms with van der Waals surface area (Å²) in [5.41, 5.74) is 0.258. The summed E-state index contributed by atoms with van der Waals surface area (Å²) in [5.74, 6) is 0.667. The highest BCUT2D eigenvalue weighted by Gasteiger charge is 2.31. The highest BCUT2D eigenvalue weighted by atomic mass is 32.2. The molecule has 7 nitrogen and oxygen atoms in total. The Bertz CT molecular complexity index is 798. The number of rotatable bonds is 7. The number of nitrogens with zero attached hydrogens (tertiary/aromatic N) is 2. The van der Waals surface area contributed by atoms with Crippen LogP contribution in [0.5, 0.6) is 5.75 Å². The topological polar surface area (TPSA) is 89.3 Å². The summed E-state index contributed by atoms with van der Waals surface area (Å²) in [4.78, 5) is 16.0. The molecule has 2 unspecified atom stereocenters. The van der Waals surface area contributed by atoms with E-state index in [0.29, 0.717) is 23.6 Å². The lowest BCUT2D eigenvalue weighted by Gasteiger charge is -2.30. The van der Waals surface area contributed by atoms with Crippen LogP contribution in [0.1, 0.15) is 32.1 Å². The molecule has 0 saturated carbocycles. The summed E-state index contributed by atoms with van der Waals surface area (Å²) in [6, 6.07) is 5.35. The molecule has 1 aliphatic heterocycles. The van der Waals surface area contributed by atoms with Crippen LogP contribution in [0, 0.1) is 0 Å². The molecule has 0 bridgehead atoms. The Morgan fingerprint density at radius 1 is 1.32 bits per heavy atom. The SMILES string of the molecule is CCCC1CC(=O)NC(SCc2nc(-c3ccc(OC(F)(F)F)cc3)no2)N1. The molecule has 2 N–H and O–H groups in total. The number of thioether (sulfide) groups is 1. The van der Waals surface area contributed by atoms with Crippen molar-refractivity contribution in [2.45, 2.75) is 49.8 Å². The minimum Gasteiger partial charge on any atom is -0.406 e. The average Bonchev–Trinajstić information content (AvgIpc) is 3.08. The summed E-state index contributed by atoms with van der Waals surface area (Å²) in [7, 11) is 0. The molecule has 152 valence electrons. The number of amides is 1. The maximum atomic E-state index is 12.2. The van der Waals surface area contributed by atoms with Gasteiger partial charge >= 0.3 is 6.36 Å². The van der Waals surface area contributed by atoms with Gasteiger partial charge in [-0.3, -0.25) is 10.1 Å². The van der Waals surface area contributed by atoms with Crippen molar-refractivity contribution in [1.29, 1.82) is 0 Å². The van der Waals surface area contributed by atoms with E-state index < -0.39 is 6.36 Å². The van der Waals surface area contributed by atoms with Crippen LogP contribution >= 0.6 is 11.8 Å². The lowest BCUT2D eigenvalue weighted by Crippen LogP contribution is -2.54. The van der Waals surface area contributed by atoms with E-state index in [1.807, 2.05) is 0 Å². The van der Waals surface area contributed by atoms with Crippen LogP contribution in [0.4, 0.5) is 13.2 Å². The van der Waals surface area contributed by atoms with Gasteiger partial charge in [0, 0.05) is 18.0 Å². The number of ether oxygens (including phenoxy) is 1. The second-order valence-electron chi connectivity index (χ2n) is 6.20. The Morgan fingerprint density at radius 3 is 2.75 bits per heavy atom. The van der Waals surface area contributed by atoms with Crippen LogP contribution in [0.15, 0.2) is 28.8 Å². The standard InChI is InChI=1S/C17H19F3N4O3S/c1-2-3-11-8-13(25)22-16(21-11)28-9-14-23-15(24-27-14)10-4-6-12(7-5-10)26-17(18,19)20/h4-7,11,16,21H,2-3,8-9H2,1H3,(H,22,25). The van der Waals surface area contributed by atoms with E-state index in [4.69, 9.17) is 4.52 Å². The smallest absolute Gasteiger partial charge is 0.406 e. The van der Waals surface area contributed by atoms with Gasteiger partial charge in [0.05, 0.1) is 5.75 Å². The Labute approximate surface area is 163 Å². The van der Waals surface area contributed by atoms with E-state index in [1.54, 1.807) is 0 Å². The van der Waals surface area contributed by atoms with E-state index in [0.717, 1.165) is 12.8 Å². The molecule has 28 heavy (non-hydrogen) atoms. The van der Waals surface area contributed by atoms with Crippen molar-refractivity contribution in [3.63, 3.8) is 0 Å². The monoisotopic (exact) mass is 416 g/mol. The van der Waals surface area contributed by atoms with Gasteiger partial charge < -0.3 is 14.6 Å². The van der Waals surface area contributed by atoms with Crippen LogP contribution in [0.3, 0.4) is 0 Å². The normalized spacial score (nSPS) is 20.1. The van der Waals surface area contributed by atoms with Crippen LogP contribution in [-0.2, 0) is 10.5 Å². The Balaban J connectivity index is 1.56. The molecule has 1 fully saturated rings. The van der Waals surface area contributed by atoms with Crippen molar-refractivity contribution < 1.29 is 27.2 Å². The molecule has 1 aliphatic rings. The Morgan fingerprint density at radius 2 is 2.07 bits per heavy atom. The van der Waals surface area contributed by atoms with Crippen LogP contribution in [0.2, 0.25) is 0 Å². The Hall–Kier alpha value is -2.27. The first kappa shape index (κ1) is 20.5. The third kappa shape index (κ3) is 5.86. The van der Waals surface area contributed by atoms with Crippen LogP contribution < -0.4 is 15.4 Å². The maximum absolute atomic E-state index is 12.2. The summed E-state index contributed by atoms with van der Waals surface area (Å²) in [6.45, 7) is 2.07. The number of alkyl halides is 3. The quantitative estimate of drug-likeness (QED) is 0.715. The molecular formula is C17H19F3N4O3S. The second kappa shape index (κ2) is 8.82. The van der Waals surface area contributed by atoms with Gasteiger partial charge in [-0.25, -0.2) is 0 Å². The van der Waals surface area contributed by atoms with Crippen LogP contribution in [-0.4, -0.2) is 33.9 Å². The number of benzene rings is 1. The van der Waals surface area contributed by atoms with E-state index in [9.17, 15) is 18.0 Å². The number of carbonyl (C=O) groups is 1. The fourth-order valence-corrected chi connectivity index (χ4v) is 3.69. The molecule has 0 spiro atoms. The van der Waals surface area contributed by atoms with Gasteiger partial charge in [0.25, 0.3) is 0 Å². The predicted molar refractivity (Wildman–Crippen MR) is 96.1 cm³/mol. The zero-order valence-corrected chi connectivity index (χ0v) is 15.8. The molecule has 1 aromatic carbocycles. The van der Waals surface area contributed by atoms with E-state index in [2.05, 4.69) is 32.4 Å². The molecule has 1 saturated heterocycles. The minimum absolute atomic E-state index is 0.00193. The molecule has 1 aromatic heterocycles. The lowest BCUT2D eigenvalue weighted by molar-refractivity contribution is -0.274. The predicted octanol–water partition coefficient (Wildman–Crippen LogP) is 3.43. The molecule has 2 aromatic rings. The van der Waals surface area contributed by atoms with Gasteiger partial charge in [-0.15, -0.1) is 24.9 Å². The van der Waals surface area contributed by atoms with Gasteiger partial charge in [0.2, 0.25) is 17.6 Å². The van der Waals surface area contributed by atoms with E-state index >= 15 is 0 Å². The molecule has 3 rings (SSSR count). The third-order valence-electron chi connectivity index (χ3n) is 3.94. The highest BCUT2D eigenvalue weighted by Crippen LogP contribution is 2.26. The fraction of sp³-hybridized carbons (Fsp3) is 0.471. The lowest BCUT2D eigenvalue weighted by atomic mass is 10.1. The molecule has 0 aliphatic carbocycles. The summed E-state index contributed by atoms with van der Waals surface area (Å²) >= 11 is 1.42. The molecule has 1 amide bonds. The number of aromatic nitrogens is 2. The molecule has 2 heterocycles. The van der Waals surface area contributed by atoms with Gasteiger partial charge in [-0.05, 0) is 30.7 Å². The van der Waals surface area contributed by atoms with Gasteiger partial charge in [-0.1, -0.05) is 18.5 Å². The molecule has 2 atom stereocenters. The van der Waals surface area contributed by atoms with Crippen LogP contribution in [0.25, 0.3) is 11.4 Å².